The van der Waals surface area contributed by atoms with Crippen molar-refractivity contribution in [1.29, 1.82) is 0 Å². The van der Waals surface area contributed by atoms with Crippen LogP contribution >= 0.6 is 0 Å². The Hall–Kier alpha value is -12.3. The third kappa shape index (κ3) is 56.5. The van der Waals surface area contributed by atoms with Crippen LogP contribution in [0.15, 0.2) is 30.3 Å². The Balaban J connectivity index is 1.39. The molecule has 3 aliphatic rings. The lowest BCUT2D eigenvalue weighted by atomic mass is 9.96. The number of hydrogen-bond donors (Lipinski definition) is 10. The van der Waals surface area contributed by atoms with Gasteiger partial charge in [-0.15, -0.1) is 0 Å². The van der Waals surface area contributed by atoms with Crippen LogP contribution in [0.2, 0.25) is 0 Å². The molecule has 3 fully saturated rings. The molecule has 51 heteroatoms. The Kier molecular flexibility index (Phi) is 63.0. The number of nitrogens with zero attached hydrogens (tertiary/aromatic N) is 1. The van der Waals surface area contributed by atoms with Crippen molar-refractivity contribution >= 4 is 125 Å². The highest BCUT2D eigenvalue weighted by atomic mass is 16.7. The second-order valence-electron chi connectivity index (χ2n) is 34.5. The third-order valence-electron chi connectivity index (χ3n) is 21.7. The molecule has 0 aromatic heterocycles. The molecule has 10 N–H and O–H groups in total. The van der Waals surface area contributed by atoms with E-state index in [4.69, 9.17) is 90.0 Å². The summed E-state index contributed by atoms with van der Waals surface area (Å²) in [5.74, 6) is -12.5. The van der Waals surface area contributed by atoms with Gasteiger partial charge in [0.05, 0.1) is 33.0 Å². The smallest absolute Gasteiger partial charge is 0.332 e. The molecule has 147 heavy (non-hydrogen) atoms. The lowest BCUT2D eigenvalue weighted by Crippen LogP contribution is -2.66. The average molecular weight is 2100 g/mol. The first kappa shape index (κ1) is 127. The van der Waals surface area contributed by atoms with Gasteiger partial charge >= 0.3 is 59.7 Å². The summed E-state index contributed by atoms with van der Waals surface area (Å²) in [6.45, 7) is 12.8. The SMILES string of the molecule is CC(=O)NC1C(OCCCCC(=O)NCCCCC(=O)NCCN(CCNC(=O)CCCCNC(=O)CCCCOC2OC(COC(C)=O)C(OC(C)=O)C(OC(C)=O)C2NC(C)=O)C(=O)CC[C@H](NC(=O)CCCCNC(=O)CCCCOC2OC(COC(C)=O)C(OC(C)=O)C(OC(C)=O)C2NC(C)=O)C(=O)NCCOCCOCCOCC(=O)OCc2ccccc2)OC(COC(C)=O)C(OC(C)=O)C1OC(C)=O. The molecule has 3 aliphatic heterocycles. The summed E-state index contributed by atoms with van der Waals surface area (Å²) in [5.41, 5.74) is 0.818. The van der Waals surface area contributed by atoms with Gasteiger partial charge in [-0.05, 0) is 89.0 Å². The van der Waals surface area contributed by atoms with Crippen molar-refractivity contribution < 1.29 is 191 Å². The molecule has 15 unspecified atom stereocenters. The number of carbonyl (C=O) groups excluding carboxylic acids is 21. The zero-order chi connectivity index (χ0) is 109. The molecule has 51 nitrogen and oxygen atoms in total. The van der Waals surface area contributed by atoms with Gasteiger partial charge in [0.15, 0.2) is 55.5 Å². The number of nitrogens with one attached hydrogen (secondary N) is 10. The Labute approximate surface area is 853 Å². The molecule has 4 rings (SSSR count). The van der Waals surface area contributed by atoms with E-state index >= 15 is 0 Å². The molecular formula is C96H149N11O40. The molecule has 11 amide bonds. The topological polar surface area (TPSA) is 657 Å². The number of unbranched alkanes of at least 4 members (excludes halogenated alkanes) is 6. The number of benzene rings is 1. The Morgan fingerprint density at radius 1 is 0.313 bits per heavy atom. The maximum absolute atomic E-state index is 14.5. The zero-order valence-corrected chi connectivity index (χ0v) is 85.9. The average Bonchev–Trinajstić information content (AvgIpc) is 0.793. The van der Waals surface area contributed by atoms with Gasteiger partial charge in [0.2, 0.25) is 65.0 Å². The number of amides is 11. The first-order chi connectivity index (χ1) is 70.1. The number of hydrogen-bond acceptors (Lipinski definition) is 40. The second-order valence-corrected chi connectivity index (χ2v) is 34.5. The number of carbonyl (C=O) groups is 21. The quantitative estimate of drug-likeness (QED) is 0.0226. The molecule has 828 valence electrons. The monoisotopic (exact) mass is 2100 g/mol. The minimum absolute atomic E-state index is 0.00596. The van der Waals surface area contributed by atoms with Crippen LogP contribution in [0.25, 0.3) is 0 Å². The van der Waals surface area contributed by atoms with Crippen molar-refractivity contribution in [3.05, 3.63) is 35.9 Å². The van der Waals surface area contributed by atoms with E-state index in [1.54, 1.807) is 0 Å². The van der Waals surface area contributed by atoms with E-state index < -0.39 is 225 Å². The molecule has 0 spiro atoms. The van der Waals surface area contributed by atoms with Gasteiger partial charge in [-0.1, -0.05) is 30.3 Å². The van der Waals surface area contributed by atoms with Crippen LogP contribution in [0.1, 0.15) is 217 Å². The minimum Gasteiger partial charge on any atom is -0.463 e. The summed E-state index contributed by atoms with van der Waals surface area (Å²) in [5, 5.41) is 27.3. The van der Waals surface area contributed by atoms with Gasteiger partial charge in [-0.25, -0.2) is 4.79 Å². The van der Waals surface area contributed by atoms with Crippen molar-refractivity contribution in [3.63, 3.8) is 0 Å². The fourth-order valence-corrected chi connectivity index (χ4v) is 15.1. The van der Waals surface area contributed by atoms with E-state index in [9.17, 15) is 101 Å². The molecule has 1 aromatic rings. The molecule has 0 radical (unpaired) electrons. The Morgan fingerprint density at radius 2 is 0.626 bits per heavy atom. The highest BCUT2D eigenvalue weighted by molar-refractivity contribution is 5.89. The van der Waals surface area contributed by atoms with Gasteiger partial charge in [0.1, 0.15) is 75.5 Å². The van der Waals surface area contributed by atoms with Gasteiger partial charge in [0.25, 0.3) is 0 Å². The van der Waals surface area contributed by atoms with Crippen molar-refractivity contribution in [2.45, 2.75) is 316 Å². The largest absolute Gasteiger partial charge is 0.463 e. The van der Waals surface area contributed by atoms with Gasteiger partial charge < -0.3 is 148 Å². The first-order valence-corrected chi connectivity index (χ1v) is 49.3. The molecule has 0 saturated carbocycles. The second kappa shape index (κ2) is 72.9. The van der Waals surface area contributed by atoms with Crippen molar-refractivity contribution in [3.8, 4) is 0 Å². The van der Waals surface area contributed by atoms with Gasteiger partial charge in [0, 0.05) is 200 Å². The summed E-state index contributed by atoms with van der Waals surface area (Å²) < 4.78 is 106. The van der Waals surface area contributed by atoms with Crippen LogP contribution in [0, 0.1) is 0 Å². The van der Waals surface area contributed by atoms with Gasteiger partial charge in [-0.2, -0.15) is 0 Å². The highest BCUT2D eigenvalue weighted by Gasteiger charge is 2.55. The van der Waals surface area contributed by atoms with Crippen LogP contribution in [-0.2, 0) is 197 Å². The van der Waals surface area contributed by atoms with Crippen molar-refractivity contribution in [1.82, 2.24) is 58.1 Å². The molecule has 3 heterocycles. The maximum Gasteiger partial charge on any atom is 0.332 e. The van der Waals surface area contributed by atoms with E-state index in [1.807, 2.05) is 30.3 Å². The molecule has 3 saturated heterocycles. The number of rotatable bonds is 72. The third-order valence-corrected chi connectivity index (χ3v) is 21.7. The number of esters is 10. The number of ether oxygens (including phenoxy) is 19. The molecule has 0 bridgehead atoms. The summed E-state index contributed by atoms with van der Waals surface area (Å²) in [4.78, 5) is 267. The molecule has 0 aliphatic carbocycles. The lowest BCUT2D eigenvalue weighted by Gasteiger charge is -2.44. The summed E-state index contributed by atoms with van der Waals surface area (Å²) in [6, 6.07) is 4.27. The molecular weight excluding hydrogens is 1950 g/mol. The summed E-state index contributed by atoms with van der Waals surface area (Å²) in [6.07, 6.45) is -12.1. The van der Waals surface area contributed by atoms with Crippen molar-refractivity contribution in [2.75, 3.05) is 132 Å². The first-order valence-electron chi connectivity index (χ1n) is 49.3. The van der Waals surface area contributed by atoms with Crippen LogP contribution in [-0.4, -0.2) is 359 Å². The van der Waals surface area contributed by atoms with Crippen LogP contribution in [0.5, 0.6) is 0 Å². The Morgan fingerprint density at radius 3 is 0.959 bits per heavy atom. The van der Waals surface area contributed by atoms with Crippen molar-refractivity contribution in [2.24, 2.45) is 0 Å². The van der Waals surface area contributed by atoms with Crippen LogP contribution in [0.4, 0.5) is 0 Å². The maximum atomic E-state index is 14.5. The van der Waals surface area contributed by atoms with E-state index in [2.05, 4.69) is 53.2 Å². The fourth-order valence-electron chi connectivity index (χ4n) is 15.1. The normalized spacial score (nSPS) is 20.4. The fraction of sp³-hybridized carbons (Fsp3) is 0.719. The molecule has 1 aromatic carbocycles. The summed E-state index contributed by atoms with van der Waals surface area (Å²) >= 11 is 0. The summed E-state index contributed by atoms with van der Waals surface area (Å²) in [7, 11) is 0. The lowest BCUT2D eigenvalue weighted by molar-refractivity contribution is -0.277. The standard InChI is InChI=1S/C96H149N11O40/c1-59(108)103-84-90(142-68(10)117)87(139-65(7)114)73(55-135-62(4)111)145-94(84)132-46-25-19-32-76(120)97-38-22-16-30-79(123)100-41-44-107(45-42-101-80(124)31-17-23-39-98-77(121)33-20-26-47-133-95-85(104-60(2)109)91(143-69(11)118)88(140-66(8)115)74(146-95)56-136-63(5)112)82(126)37-36-72(93(128)102-43-49-129-50-51-130-52-53-131-58-83(127)138-54-71-28-14-13-15-29-71)106-81(125)35-18-24-40-99-78(122)34-21-27-48-134-96-86(105-61(3)110)92(144-70(12)119)89(141-67(9)116)75(147-96)57-137-64(6)113/h13-15,28-29,72-75,84-92,94-96H,16-27,30-58H2,1-12H3,(H,97,120)(H,98,121)(H,99,122)(H,100,123)(H,101,124)(H,102,128)(H,103,108)(H,104,109)(H,105,110)(H,106,125)/t72-,73?,74?,75?,84?,85?,86?,87?,88?,89?,90?,91?,92?,94?,95?,96?/m0/s1. The predicted molar refractivity (Wildman–Crippen MR) is 507 cm³/mol. The van der Waals surface area contributed by atoms with Crippen LogP contribution < -0.4 is 53.2 Å². The minimum atomic E-state index is -1.34. The predicted octanol–water partition coefficient (Wildman–Crippen LogP) is -0.390. The van der Waals surface area contributed by atoms with E-state index in [-0.39, 0.29) is 200 Å². The Bertz CT molecular complexity index is 4200. The highest BCUT2D eigenvalue weighted by Crippen LogP contribution is 2.32. The zero-order valence-electron chi connectivity index (χ0n) is 85.9. The van der Waals surface area contributed by atoms with E-state index in [1.165, 1.54) is 25.7 Å². The van der Waals surface area contributed by atoms with Gasteiger partial charge in [-0.3, -0.25) is 95.9 Å². The van der Waals surface area contributed by atoms with E-state index in [0.29, 0.717) is 64.2 Å². The van der Waals surface area contributed by atoms with Crippen LogP contribution in [0.3, 0.4) is 0 Å². The molecule has 16 atom stereocenters. The van der Waals surface area contributed by atoms with E-state index in [0.717, 1.165) is 67.9 Å².